The fourth-order valence-electron chi connectivity index (χ4n) is 1.39. The van der Waals surface area contributed by atoms with Gasteiger partial charge in [0.2, 0.25) is 0 Å². The van der Waals surface area contributed by atoms with E-state index in [-0.39, 0.29) is 6.61 Å². The summed E-state index contributed by atoms with van der Waals surface area (Å²) in [5.41, 5.74) is 0.526. The monoisotopic (exact) mass is 212 g/mol. The van der Waals surface area contributed by atoms with Crippen molar-refractivity contribution in [1.29, 1.82) is 0 Å². The van der Waals surface area contributed by atoms with E-state index in [4.69, 9.17) is 5.11 Å². The van der Waals surface area contributed by atoms with Gasteiger partial charge in [-0.2, -0.15) is 0 Å². The van der Waals surface area contributed by atoms with Gasteiger partial charge in [0.15, 0.2) is 0 Å². The molecule has 4 heteroatoms. The van der Waals surface area contributed by atoms with E-state index in [0.29, 0.717) is 17.4 Å². The van der Waals surface area contributed by atoms with Crippen LogP contribution in [-0.4, -0.2) is 23.2 Å². The SMILES string of the molecule is CCC(C)N(C)c1ncc(F)cc1CO. The lowest BCUT2D eigenvalue weighted by Gasteiger charge is -2.26. The van der Waals surface area contributed by atoms with Gasteiger partial charge in [-0.05, 0) is 19.4 Å². The number of aliphatic hydroxyl groups is 1. The van der Waals surface area contributed by atoms with Crippen LogP contribution in [0.4, 0.5) is 10.2 Å². The minimum absolute atomic E-state index is 0.194. The van der Waals surface area contributed by atoms with Crippen LogP contribution >= 0.6 is 0 Å². The van der Waals surface area contributed by atoms with Gasteiger partial charge in [0, 0.05) is 18.7 Å². The van der Waals surface area contributed by atoms with Crippen LogP contribution in [0.5, 0.6) is 0 Å². The molecule has 0 amide bonds. The number of anilines is 1. The van der Waals surface area contributed by atoms with E-state index < -0.39 is 5.82 Å². The maximum Gasteiger partial charge on any atom is 0.142 e. The molecule has 1 unspecified atom stereocenters. The molecule has 0 saturated heterocycles. The molecule has 0 radical (unpaired) electrons. The molecule has 0 aliphatic heterocycles. The van der Waals surface area contributed by atoms with Gasteiger partial charge < -0.3 is 10.0 Å². The summed E-state index contributed by atoms with van der Waals surface area (Å²) in [6.07, 6.45) is 2.15. The lowest BCUT2D eigenvalue weighted by atomic mass is 10.2. The molecule has 1 atom stereocenters. The Hall–Kier alpha value is -1.16. The molecule has 1 heterocycles. The third-order valence-electron chi connectivity index (χ3n) is 2.67. The lowest BCUT2D eigenvalue weighted by molar-refractivity contribution is 0.280. The van der Waals surface area contributed by atoms with Gasteiger partial charge in [0.25, 0.3) is 0 Å². The summed E-state index contributed by atoms with van der Waals surface area (Å²) >= 11 is 0. The van der Waals surface area contributed by atoms with Crippen molar-refractivity contribution < 1.29 is 9.50 Å². The Labute approximate surface area is 89.6 Å². The van der Waals surface area contributed by atoms with E-state index in [0.717, 1.165) is 6.42 Å². The molecule has 1 aromatic heterocycles. The van der Waals surface area contributed by atoms with Crippen molar-refractivity contribution >= 4 is 5.82 Å². The molecule has 1 N–H and O–H groups in total. The second-order valence-corrected chi connectivity index (χ2v) is 3.66. The van der Waals surface area contributed by atoms with E-state index in [2.05, 4.69) is 18.8 Å². The van der Waals surface area contributed by atoms with Gasteiger partial charge >= 0.3 is 0 Å². The maximum absolute atomic E-state index is 12.9. The number of hydrogen-bond acceptors (Lipinski definition) is 3. The Balaban J connectivity index is 3.02. The zero-order chi connectivity index (χ0) is 11.4. The number of aliphatic hydroxyl groups excluding tert-OH is 1. The van der Waals surface area contributed by atoms with E-state index in [9.17, 15) is 4.39 Å². The van der Waals surface area contributed by atoms with E-state index in [1.54, 1.807) is 0 Å². The maximum atomic E-state index is 12.9. The Bertz CT molecular complexity index is 330. The first-order valence-corrected chi connectivity index (χ1v) is 5.08. The highest BCUT2D eigenvalue weighted by molar-refractivity contribution is 5.46. The summed E-state index contributed by atoms with van der Waals surface area (Å²) in [5, 5.41) is 9.11. The molecule has 0 bridgehead atoms. The summed E-state index contributed by atoms with van der Waals surface area (Å²) in [6, 6.07) is 1.63. The van der Waals surface area contributed by atoms with Crippen molar-refractivity contribution in [1.82, 2.24) is 4.98 Å². The third-order valence-corrected chi connectivity index (χ3v) is 2.67. The van der Waals surface area contributed by atoms with Crippen molar-refractivity contribution in [2.75, 3.05) is 11.9 Å². The first-order chi connectivity index (χ1) is 7.10. The zero-order valence-electron chi connectivity index (χ0n) is 9.37. The fourth-order valence-corrected chi connectivity index (χ4v) is 1.39. The van der Waals surface area contributed by atoms with Gasteiger partial charge in [-0.25, -0.2) is 9.37 Å². The Morgan fingerprint density at radius 3 is 2.80 bits per heavy atom. The molecule has 0 fully saturated rings. The van der Waals surface area contributed by atoms with Gasteiger partial charge in [-0.3, -0.25) is 0 Å². The minimum Gasteiger partial charge on any atom is -0.392 e. The van der Waals surface area contributed by atoms with Crippen LogP contribution in [0.2, 0.25) is 0 Å². The van der Waals surface area contributed by atoms with Crippen LogP contribution in [0.1, 0.15) is 25.8 Å². The van der Waals surface area contributed by atoms with E-state index >= 15 is 0 Å². The van der Waals surface area contributed by atoms with E-state index in [1.807, 2.05) is 11.9 Å². The standard InChI is InChI=1S/C11H17FN2O/c1-4-8(2)14(3)11-9(7-15)5-10(12)6-13-11/h5-6,8,15H,4,7H2,1-3H3. The van der Waals surface area contributed by atoms with Crippen molar-refractivity contribution in [2.45, 2.75) is 32.9 Å². The highest BCUT2D eigenvalue weighted by Crippen LogP contribution is 2.20. The molecular formula is C11H17FN2O. The highest BCUT2D eigenvalue weighted by Gasteiger charge is 2.13. The van der Waals surface area contributed by atoms with Crippen LogP contribution in [0, 0.1) is 5.82 Å². The van der Waals surface area contributed by atoms with E-state index in [1.165, 1.54) is 12.3 Å². The number of aromatic nitrogens is 1. The van der Waals surface area contributed by atoms with Crippen molar-refractivity contribution in [3.8, 4) is 0 Å². The summed E-state index contributed by atoms with van der Waals surface area (Å²) in [5.74, 6) is 0.230. The predicted octanol–water partition coefficient (Wildman–Crippen LogP) is 1.95. The molecule has 1 aromatic rings. The number of nitrogens with zero attached hydrogens (tertiary/aromatic N) is 2. The fraction of sp³-hybridized carbons (Fsp3) is 0.545. The van der Waals surface area contributed by atoms with Crippen LogP contribution in [0.15, 0.2) is 12.3 Å². The summed E-state index contributed by atoms with van der Waals surface area (Å²) in [4.78, 5) is 5.96. The Morgan fingerprint density at radius 2 is 2.27 bits per heavy atom. The molecule has 15 heavy (non-hydrogen) atoms. The predicted molar refractivity (Wildman–Crippen MR) is 58.3 cm³/mol. The number of halogens is 1. The van der Waals surface area contributed by atoms with Crippen LogP contribution < -0.4 is 4.90 Å². The Morgan fingerprint density at radius 1 is 1.60 bits per heavy atom. The molecule has 0 spiro atoms. The smallest absolute Gasteiger partial charge is 0.142 e. The first-order valence-electron chi connectivity index (χ1n) is 5.08. The molecule has 0 saturated carbocycles. The number of rotatable bonds is 4. The normalized spacial score (nSPS) is 12.6. The molecule has 3 nitrogen and oxygen atoms in total. The Kier molecular flexibility index (Phi) is 4.03. The third kappa shape index (κ3) is 2.65. The highest BCUT2D eigenvalue weighted by atomic mass is 19.1. The molecule has 1 rings (SSSR count). The second kappa shape index (κ2) is 5.07. The van der Waals surface area contributed by atoms with Gasteiger partial charge in [0.1, 0.15) is 11.6 Å². The molecule has 0 aromatic carbocycles. The largest absolute Gasteiger partial charge is 0.392 e. The van der Waals surface area contributed by atoms with Crippen molar-refractivity contribution in [2.24, 2.45) is 0 Å². The minimum atomic E-state index is -0.416. The summed E-state index contributed by atoms with van der Waals surface area (Å²) in [7, 11) is 1.90. The summed E-state index contributed by atoms with van der Waals surface area (Å²) in [6.45, 7) is 3.94. The quantitative estimate of drug-likeness (QED) is 0.828. The van der Waals surface area contributed by atoms with Crippen molar-refractivity contribution in [3.63, 3.8) is 0 Å². The lowest BCUT2D eigenvalue weighted by Crippen LogP contribution is -2.29. The van der Waals surface area contributed by atoms with Crippen LogP contribution in [-0.2, 0) is 6.61 Å². The molecule has 0 aliphatic rings. The van der Waals surface area contributed by atoms with Gasteiger partial charge in [-0.1, -0.05) is 6.92 Å². The van der Waals surface area contributed by atoms with Crippen LogP contribution in [0.3, 0.4) is 0 Å². The average Bonchev–Trinajstić information content (AvgIpc) is 2.26. The molecular weight excluding hydrogens is 195 g/mol. The molecule has 84 valence electrons. The van der Waals surface area contributed by atoms with Gasteiger partial charge in [0.05, 0.1) is 12.8 Å². The molecule has 0 aliphatic carbocycles. The average molecular weight is 212 g/mol. The second-order valence-electron chi connectivity index (χ2n) is 3.66. The van der Waals surface area contributed by atoms with Crippen molar-refractivity contribution in [3.05, 3.63) is 23.6 Å². The number of pyridine rings is 1. The first kappa shape index (κ1) is 11.9. The summed E-state index contributed by atoms with van der Waals surface area (Å²) < 4.78 is 12.9. The topological polar surface area (TPSA) is 36.4 Å². The van der Waals surface area contributed by atoms with Crippen LogP contribution in [0.25, 0.3) is 0 Å². The zero-order valence-corrected chi connectivity index (χ0v) is 9.37. The van der Waals surface area contributed by atoms with Gasteiger partial charge in [-0.15, -0.1) is 0 Å². The number of hydrogen-bond donors (Lipinski definition) is 1.